The number of benzene rings is 1. The molecule has 0 aliphatic carbocycles. The molecule has 1 N–H and O–H groups in total. The van der Waals surface area contributed by atoms with Crippen molar-refractivity contribution in [1.82, 2.24) is 24.6 Å². The van der Waals surface area contributed by atoms with Crippen LogP contribution < -0.4 is 4.90 Å². The lowest BCUT2D eigenvalue weighted by molar-refractivity contribution is -0.133. The third kappa shape index (κ3) is 5.78. The van der Waals surface area contributed by atoms with Crippen molar-refractivity contribution >= 4 is 17.6 Å². The van der Waals surface area contributed by atoms with Crippen LogP contribution in [0.25, 0.3) is 0 Å². The van der Waals surface area contributed by atoms with Crippen molar-refractivity contribution in [1.29, 1.82) is 0 Å². The van der Waals surface area contributed by atoms with Crippen molar-refractivity contribution in [2.24, 2.45) is 0 Å². The molecule has 3 atom stereocenters. The van der Waals surface area contributed by atoms with E-state index >= 15 is 0 Å². The fourth-order valence-electron chi connectivity index (χ4n) is 6.32. The smallest absolute Gasteiger partial charge is 0.320 e. The molecule has 9 heteroatoms. The molecule has 9 nitrogen and oxygen atoms in total. The van der Waals surface area contributed by atoms with E-state index < -0.39 is 6.10 Å². The summed E-state index contributed by atoms with van der Waals surface area (Å²) in [6, 6.07) is 12.8. The van der Waals surface area contributed by atoms with Crippen LogP contribution in [0.4, 0.5) is 10.5 Å². The van der Waals surface area contributed by atoms with E-state index in [0.717, 1.165) is 44.0 Å². The van der Waals surface area contributed by atoms with Crippen molar-refractivity contribution in [2.75, 3.05) is 50.7 Å². The molecule has 0 radical (unpaired) electrons. The Morgan fingerprint density at radius 2 is 1.71 bits per heavy atom. The minimum atomic E-state index is -0.574. The standard InChI is InChI=1S/C29H40N6O3/c1-21-15-34(16-22(2)35(21)23(3)36)27-9-8-26(30-14-27)18-32-12-13-33(29(32)38)20-28(37)19-31-11-10-24-6-4-5-7-25(24)17-31/h4-9,14,21-22,28,37H,10-13,15-20H2,1-3H3/t21-,22+,28?. The number of urea groups is 1. The number of fused-ring (bicyclic) bond motifs is 1. The second-order valence-electron chi connectivity index (χ2n) is 11.1. The van der Waals surface area contributed by atoms with Crippen LogP contribution in [0, 0.1) is 0 Å². The summed E-state index contributed by atoms with van der Waals surface area (Å²) in [5.74, 6) is 0.118. The monoisotopic (exact) mass is 520 g/mol. The first kappa shape index (κ1) is 26.4. The van der Waals surface area contributed by atoms with Gasteiger partial charge in [-0.1, -0.05) is 24.3 Å². The molecule has 2 saturated heterocycles. The minimum Gasteiger partial charge on any atom is -0.390 e. The third-order valence-electron chi connectivity index (χ3n) is 8.10. The first-order valence-electron chi connectivity index (χ1n) is 13.8. The van der Waals surface area contributed by atoms with E-state index in [9.17, 15) is 14.7 Å². The van der Waals surface area contributed by atoms with Crippen LogP contribution in [0.3, 0.4) is 0 Å². The predicted octanol–water partition coefficient (Wildman–Crippen LogP) is 2.18. The largest absolute Gasteiger partial charge is 0.390 e. The first-order chi connectivity index (χ1) is 18.3. The Kier molecular flexibility index (Phi) is 7.85. The summed E-state index contributed by atoms with van der Waals surface area (Å²) in [6.45, 7) is 11.8. The van der Waals surface area contributed by atoms with Crippen LogP contribution in [-0.2, 0) is 24.3 Å². The number of carbonyl (C=O) groups is 2. The van der Waals surface area contributed by atoms with Gasteiger partial charge in [0, 0.05) is 71.4 Å². The number of aromatic nitrogens is 1. The molecule has 1 unspecified atom stereocenters. The Bertz CT molecular complexity index is 1130. The number of β-amino-alcohol motifs (C(OH)–C–C–N with tert-alkyl or cyclic N) is 1. The third-order valence-corrected chi connectivity index (χ3v) is 8.10. The van der Waals surface area contributed by atoms with Crippen molar-refractivity contribution in [3.8, 4) is 0 Å². The lowest BCUT2D eigenvalue weighted by atomic mass is 10.00. The number of anilines is 1. The fraction of sp³-hybridized carbons (Fsp3) is 0.552. The van der Waals surface area contributed by atoms with Gasteiger partial charge in [-0.05, 0) is 43.5 Å². The highest BCUT2D eigenvalue weighted by atomic mass is 16.3. The normalized spacial score (nSPS) is 23.1. The topological polar surface area (TPSA) is 83.5 Å². The van der Waals surface area contributed by atoms with E-state index in [-0.39, 0.29) is 24.0 Å². The van der Waals surface area contributed by atoms with E-state index in [0.29, 0.717) is 32.7 Å². The maximum atomic E-state index is 13.0. The zero-order valence-electron chi connectivity index (χ0n) is 22.8. The molecule has 0 spiro atoms. The molecule has 38 heavy (non-hydrogen) atoms. The zero-order valence-corrected chi connectivity index (χ0v) is 22.8. The molecule has 0 bridgehead atoms. The van der Waals surface area contributed by atoms with Gasteiger partial charge in [0.15, 0.2) is 0 Å². The van der Waals surface area contributed by atoms with Crippen LogP contribution in [0.2, 0.25) is 0 Å². The molecule has 0 saturated carbocycles. The van der Waals surface area contributed by atoms with Crippen molar-refractivity contribution in [2.45, 2.75) is 58.5 Å². The van der Waals surface area contributed by atoms with Crippen LogP contribution in [-0.4, -0.2) is 106 Å². The SMILES string of the molecule is CC(=O)N1[C@H](C)CN(c2ccc(CN3CCN(CC(O)CN4CCc5ccccc5C4)C3=O)nc2)C[C@@H]1C. The molecule has 2 fully saturated rings. The maximum absolute atomic E-state index is 13.0. The number of pyridine rings is 1. The summed E-state index contributed by atoms with van der Waals surface area (Å²) in [5.41, 5.74) is 4.61. The number of aliphatic hydroxyl groups is 1. The number of aliphatic hydroxyl groups excluding tert-OH is 1. The van der Waals surface area contributed by atoms with E-state index in [2.05, 4.69) is 59.0 Å². The number of piperazine rings is 1. The highest BCUT2D eigenvalue weighted by molar-refractivity contribution is 5.76. The molecule has 1 aromatic carbocycles. The van der Waals surface area contributed by atoms with Gasteiger partial charge in [0.1, 0.15) is 0 Å². The molecule has 4 heterocycles. The predicted molar refractivity (Wildman–Crippen MR) is 147 cm³/mol. The van der Waals surface area contributed by atoms with Crippen molar-refractivity contribution in [3.63, 3.8) is 0 Å². The molecular weight excluding hydrogens is 480 g/mol. The van der Waals surface area contributed by atoms with E-state index in [1.165, 1.54) is 11.1 Å². The van der Waals surface area contributed by atoms with Gasteiger partial charge in [-0.25, -0.2) is 4.79 Å². The molecule has 3 amide bonds. The van der Waals surface area contributed by atoms with Gasteiger partial charge < -0.3 is 24.7 Å². The van der Waals surface area contributed by atoms with E-state index in [1.54, 1.807) is 11.8 Å². The van der Waals surface area contributed by atoms with E-state index in [1.807, 2.05) is 22.1 Å². The zero-order chi connectivity index (χ0) is 26.8. The lowest BCUT2D eigenvalue weighted by Gasteiger charge is -2.45. The molecule has 204 valence electrons. The van der Waals surface area contributed by atoms with Crippen molar-refractivity contribution < 1.29 is 14.7 Å². The van der Waals surface area contributed by atoms with Crippen LogP contribution in [0.1, 0.15) is 37.6 Å². The van der Waals surface area contributed by atoms with Gasteiger partial charge in [0.05, 0.1) is 30.2 Å². The summed E-state index contributed by atoms with van der Waals surface area (Å²) in [7, 11) is 0. The fourth-order valence-corrected chi connectivity index (χ4v) is 6.32. The Morgan fingerprint density at radius 3 is 2.39 bits per heavy atom. The van der Waals surface area contributed by atoms with Gasteiger partial charge in [-0.15, -0.1) is 0 Å². The van der Waals surface area contributed by atoms with Crippen molar-refractivity contribution in [3.05, 3.63) is 59.4 Å². The maximum Gasteiger partial charge on any atom is 0.320 e. The lowest BCUT2D eigenvalue weighted by Crippen LogP contribution is -2.58. The molecule has 3 aliphatic rings. The summed E-state index contributed by atoms with van der Waals surface area (Å²) >= 11 is 0. The van der Waals surface area contributed by atoms with E-state index in [4.69, 9.17) is 0 Å². The summed E-state index contributed by atoms with van der Waals surface area (Å²) in [4.78, 5) is 39.7. The van der Waals surface area contributed by atoms with Gasteiger partial charge in [-0.2, -0.15) is 0 Å². The van der Waals surface area contributed by atoms with Gasteiger partial charge in [-0.3, -0.25) is 14.7 Å². The Hall–Kier alpha value is -3.17. The quantitative estimate of drug-likeness (QED) is 0.603. The van der Waals surface area contributed by atoms with Crippen LogP contribution in [0.5, 0.6) is 0 Å². The van der Waals surface area contributed by atoms with Crippen LogP contribution in [0.15, 0.2) is 42.6 Å². The summed E-state index contributed by atoms with van der Waals surface area (Å²) in [5, 5.41) is 10.7. The molecular formula is C29H40N6O3. The highest BCUT2D eigenvalue weighted by Crippen LogP contribution is 2.23. The molecule has 3 aliphatic heterocycles. The number of nitrogens with zero attached hydrogens (tertiary/aromatic N) is 6. The van der Waals surface area contributed by atoms with Gasteiger partial charge in [0.2, 0.25) is 5.91 Å². The summed E-state index contributed by atoms with van der Waals surface area (Å²) < 4.78 is 0. The average Bonchev–Trinajstić information content (AvgIpc) is 3.22. The Balaban J connectivity index is 1.10. The number of rotatable bonds is 7. The van der Waals surface area contributed by atoms with Gasteiger partial charge in [0.25, 0.3) is 0 Å². The second-order valence-corrected chi connectivity index (χ2v) is 11.1. The number of amides is 3. The first-order valence-corrected chi connectivity index (χ1v) is 13.8. The Morgan fingerprint density at radius 1 is 1.00 bits per heavy atom. The van der Waals surface area contributed by atoms with Crippen LogP contribution >= 0.6 is 0 Å². The molecule has 5 rings (SSSR count). The van der Waals surface area contributed by atoms with Gasteiger partial charge >= 0.3 is 6.03 Å². The second kappa shape index (κ2) is 11.3. The summed E-state index contributed by atoms with van der Waals surface area (Å²) in [6.07, 6.45) is 2.30. The number of hydrogen-bond acceptors (Lipinski definition) is 6. The molecule has 1 aromatic heterocycles. The average molecular weight is 521 g/mol. The molecule has 2 aromatic rings. The highest BCUT2D eigenvalue weighted by Gasteiger charge is 2.32. The number of hydrogen-bond donors (Lipinski definition) is 1. The Labute approximate surface area is 225 Å². The number of carbonyl (C=O) groups excluding carboxylic acids is 2. The minimum absolute atomic E-state index is 0.0399.